The molecule has 5 radical (unpaired) electrons. The second-order valence-electron chi connectivity index (χ2n) is 0. The topological polar surface area (TPSA) is 22.3 Å². The molecule has 0 saturated heterocycles. The molecular formula is KNPS. The smallest absolute Gasteiger partial charge is 0.0663 e. The molecule has 1 nitrogen and oxygen atoms in total. The van der Waals surface area contributed by atoms with Gasteiger partial charge in [0.1, 0.15) is 0 Å². The molecule has 4 heavy (non-hydrogen) atoms. The fraction of sp³-hybridized carbons (Fsp3) is 0. The van der Waals surface area contributed by atoms with Crippen molar-refractivity contribution in [3.63, 3.8) is 0 Å². The Kier molecular flexibility index (Phi) is 80.6. The summed E-state index contributed by atoms with van der Waals surface area (Å²) in [7, 11) is 0. The van der Waals surface area contributed by atoms with Crippen molar-refractivity contribution in [2.24, 2.45) is 0 Å². The van der Waals surface area contributed by atoms with E-state index >= 15 is 0 Å². The molecular weight excluding hydrogens is 116 g/mol. The molecule has 0 aromatic heterocycles. The summed E-state index contributed by atoms with van der Waals surface area (Å²) < 4.78 is 6.58. The average molecular weight is 116 g/mol. The maximum absolute atomic E-state index is 6.58. The van der Waals surface area contributed by atoms with Crippen LogP contribution in [0.2, 0.25) is 0 Å². The van der Waals surface area contributed by atoms with E-state index in [0.717, 1.165) is 0 Å². The second-order valence-corrected chi connectivity index (χ2v) is 0. The maximum atomic E-state index is 6.58. The number of hydrogen-bond acceptors (Lipinski definition) is 1. The van der Waals surface area contributed by atoms with Gasteiger partial charge < -0.3 is 0 Å². The minimum atomic E-state index is 0. The molecule has 0 spiro atoms. The van der Waals surface area contributed by atoms with Crippen molar-refractivity contribution in [1.29, 1.82) is 0 Å². The van der Waals surface area contributed by atoms with Crippen LogP contribution < -0.4 is 4.78 Å². The van der Waals surface area contributed by atoms with E-state index < -0.39 is 0 Å². The predicted octanol–water partition coefficient (Wildman–Crippen LogP) is -0.00260. The van der Waals surface area contributed by atoms with Gasteiger partial charge in [0.05, 0.1) is 12.4 Å². The minimum absolute atomic E-state index is 0. The Balaban J connectivity index is -0.00000000500. The SMILES string of the molecule is [K].[N]=S.[P]. The van der Waals surface area contributed by atoms with Gasteiger partial charge >= 0.3 is 0 Å². The first-order valence-corrected chi connectivity index (χ1v) is 0.548. The molecule has 0 rings (SSSR count). The van der Waals surface area contributed by atoms with E-state index in [-0.39, 0.29) is 61.3 Å². The number of hydrogen-bond donors (Lipinski definition) is 0. The quantitative estimate of drug-likeness (QED) is 0.322. The van der Waals surface area contributed by atoms with Gasteiger partial charge in [-0.15, -0.1) is 0 Å². The molecule has 0 aromatic carbocycles. The van der Waals surface area contributed by atoms with Crippen molar-refractivity contribution < 1.29 is 0 Å². The Morgan fingerprint density at radius 2 is 1.25 bits per heavy atom. The zero-order valence-corrected chi connectivity index (χ0v) is 7.14. The zero-order chi connectivity index (χ0) is 2.00. The van der Waals surface area contributed by atoms with Crippen LogP contribution in [0.1, 0.15) is 0 Å². The molecule has 0 fully saturated rings. The van der Waals surface area contributed by atoms with Crippen LogP contribution in [-0.2, 0) is 12.4 Å². The third-order valence-corrected chi connectivity index (χ3v) is 0. The minimum Gasteiger partial charge on any atom is -0.0663 e. The molecule has 0 aromatic rings. The average Bonchev–Trinajstić information content (AvgIpc) is 1.00. The van der Waals surface area contributed by atoms with Crippen molar-refractivity contribution in [3.8, 4) is 0 Å². The van der Waals surface area contributed by atoms with Crippen molar-refractivity contribution in [2.45, 2.75) is 0 Å². The summed E-state index contributed by atoms with van der Waals surface area (Å²) in [6, 6.07) is 0. The Morgan fingerprint density at radius 1 is 1.25 bits per heavy atom. The van der Waals surface area contributed by atoms with Crippen molar-refractivity contribution in [1.82, 2.24) is 4.78 Å². The first kappa shape index (κ1) is 16.5. The first-order chi connectivity index (χ1) is 1.00. The van der Waals surface area contributed by atoms with E-state index in [1.807, 2.05) is 0 Å². The van der Waals surface area contributed by atoms with Crippen LogP contribution in [0.25, 0.3) is 0 Å². The summed E-state index contributed by atoms with van der Waals surface area (Å²) >= 11 is 3.08. The Hall–Kier alpha value is 2.09. The van der Waals surface area contributed by atoms with Crippen LogP contribution in [0.5, 0.6) is 0 Å². The second kappa shape index (κ2) is 19.5. The van der Waals surface area contributed by atoms with Crippen molar-refractivity contribution in [2.75, 3.05) is 0 Å². The van der Waals surface area contributed by atoms with E-state index in [1.54, 1.807) is 0 Å². The summed E-state index contributed by atoms with van der Waals surface area (Å²) in [6.07, 6.45) is 0. The molecule has 0 saturated carbocycles. The molecule has 0 aliphatic heterocycles. The molecule has 0 N–H and O–H groups in total. The fourth-order valence-corrected chi connectivity index (χ4v) is 0. The van der Waals surface area contributed by atoms with E-state index in [4.69, 9.17) is 4.78 Å². The molecule has 0 unspecified atom stereocenters. The summed E-state index contributed by atoms with van der Waals surface area (Å²) in [4.78, 5) is 0. The van der Waals surface area contributed by atoms with Gasteiger partial charge in [0.25, 0.3) is 0 Å². The maximum Gasteiger partial charge on any atom is 0.0663 e. The Labute approximate surface area is 76.9 Å². The molecule has 0 bridgehead atoms. The molecule has 0 atom stereocenters. The predicted molar refractivity (Wildman–Crippen MR) is 22.2 cm³/mol. The fourth-order valence-electron chi connectivity index (χ4n) is 0. The van der Waals surface area contributed by atoms with Crippen LogP contribution in [0.3, 0.4) is 0 Å². The first-order valence-electron chi connectivity index (χ1n) is 0.183. The van der Waals surface area contributed by atoms with Crippen LogP contribution in [0.4, 0.5) is 0 Å². The van der Waals surface area contributed by atoms with E-state index in [9.17, 15) is 0 Å². The van der Waals surface area contributed by atoms with Crippen LogP contribution in [0, 0.1) is 0 Å². The van der Waals surface area contributed by atoms with E-state index in [2.05, 4.69) is 12.4 Å². The molecule has 0 aliphatic carbocycles. The van der Waals surface area contributed by atoms with Gasteiger partial charge in [0.2, 0.25) is 0 Å². The third-order valence-electron chi connectivity index (χ3n) is 0. The molecule has 4 heteroatoms. The normalized spacial score (nSPS) is 1.00. The molecule has 0 amide bonds. The standard InChI is InChI=1S/K.NS.P/c;1-2;. The number of rotatable bonds is 0. The van der Waals surface area contributed by atoms with E-state index in [1.165, 1.54) is 0 Å². The van der Waals surface area contributed by atoms with Gasteiger partial charge in [-0.2, -0.15) is 0 Å². The molecule has 17 valence electrons. The molecule has 0 heterocycles. The zero-order valence-electron chi connectivity index (χ0n) is 2.30. The van der Waals surface area contributed by atoms with Crippen LogP contribution in [0.15, 0.2) is 0 Å². The van der Waals surface area contributed by atoms with Gasteiger partial charge in [-0.3, -0.25) is 0 Å². The third kappa shape index (κ3) is 8.94. The van der Waals surface area contributed by atoms with Gasteiger partial charge in [-0.05, 0) is 0 Å². The van der Waals surface area contributed by atoms with Crippen LogP contribution in [-0.4, -0.2) is 51.4 Å². The monoisotopic (exact) mass is 116 g/mol. The summed E-state index contributed by atoms with van der Waals surface area (Å²) in [6.45, 7) is 0. The number of nitrogens with zero attached hydrogens (tertiary/aromatic N) is 1. The summed E-state index contributed by atoms with van der Waals surface area (Å²) in [5, 5.41) is 0. The summed E-state index contributed by atoms with van der Waals surface area (Å²) in [5.74, 6) is 0. The molecule has 0 aliphatic rings. The van der Waals surface area contributed by atoms with Gasteiger partial charge in [0, 0.05) is 61.3 Å². The van der Waals surface area contributed by atoms with Gasteiger partial charge in [-0.1, -0.05) is 4.78 Å². The summed E-state index contributed by atoms with van der Waals surface area (Å²) in [5.41, 5.74) is 0. The van der Waals surface area contributed by atoms with Crippen molar-refractivity contribution >= 4 is 73.7 Å². The Morgan fingerprint density at radius 3 is 1.25 bits per heavy atom. The Bertz CT molecular complexity index is 8.00. The largest absolute Gasteiger partial charge is 0.0663 e. The van der Waals surface area contributed by atoms with Gasteiger partial charge in [-0.25, -0.2) is 0 Å². The van der Waals surface area contributed by atoms with Crippen molar-refractivity contribution in [3.05, 3.63) is 0 Å². The van der Waals surface area contributed by atoms with E-state index in [0.29, 0.717) is 0 Å². The van der Waals surface area contributed by atoms with Crippen LogP contribution >= 0.6 is 9.90 Å². The van der Waals surface area contributed by atoms with Gasteiger partial charge in [0.15, 0.2) is 0 Å².